The number of hydrogen-bond acceptors (Lipinski definition) is 0. The average molecular weight is 194 g/mol. The molecular weight excluding hydrogens is 168 g/mol. The molecule has 2 aliphatic rings. The summed E-state index contributed by atoms with van der Waals surface area (Å²) < 4.78 is 0. The molecule has 14 heavy (non-hydrogen) atoms. The summed E-state index contributed by atoms with van der Waals surface area (Å²) in [7, 11) is 0. The molecule has 2 aliphatic carbocycles. The van der Waals surface area contributed by atoms with E-state index in [1.807, 2.05) is 0 Å². The molecule has 0 aromatic rings. The Labute approximate surface area is 89.5 Å². The average Bonchev–Trinajstić information content (AvgIpc) is 2.65. The fourth-order valence-corrected chi connectivity index (χ4v) is 5.05. The van der Waals surface area contributed by atoms with Crippen LogP contribution < -0.4 is 0 Å². The zero-order valence-electron chi connectivity index (χ0n) is 10.8. The van der Waals surface area contributed by atoms with Crippen LogP contribution >= 0.6 is 0 Å². The largest absolute Gasteiger partial charge is 0.0648 e. The van der Waals surface area contributed by atoms with Crippen LogP contribution in [0.1, 0.15) is 60.8 Å². The van der Waals surface area contributed by atoms with Crippen LogP contribution in [-0.4, -0.2) is 0 Å². The maximum Gasteiger partial charge on any atom is -0.0174 e. The van der Waals surface area contributed by atoms with Crippen molar-refractivity contribution in [1.82, 2.24) is 0 Å². The van der Waals surface area contributed by atoms with Gasteiger partial charge in [-0.3, -0.25) is 0 Å². The Balaban J connectivity index is 2.23. The molecule has 0 aromatic heterocycles. The van der Waals surface area contributed by atoms with Crippen molar-refractivity contribution < 1.29 is 0 Å². The molecule has 0 aromatic carbocycles. The van der Waals surface area contributed by atoms with Crippen molar-refractivity contribution in [3.8, 4) is 0 Å². The molecule has 0 amide bonds. The second-order valence-corrected chi connectivity index (χ2v) is 6.74. The monoisotopic (exact) mass is 194 g/mol. The maximum atomic E-state index is 2.53. The maximum absolute atomic E-state index is 2.53. The first-order valence-corrected chi connectivity index (χ1v) is 6.36. The van der Waals surface area contributed by atoms with Gasteiger partial charge in [0.2, 0.25) is 0 Å². The van der Waals surface area contributed by atoms with Gasteiger partial charge in [-0.05, 0) is 34.5 Å². The van der Waals surface area contributed by atoms with Crippen LogP contribution in [0.4, 0.5) is 0 Å². The van der Waals surface area contributed by atoms with Gasteiger partial charge < -0.3 is 0 Å². The van der Waals surface area contributed by atoms with E-state index in [0.717, 1.165) is 17.3 Å². The number of rotatable bonds is 3. The first kappa shape index (κ1) is 10.5. The molecule has 0 N–H and O–H groups in total. The molecule has 0 nitrogen and oxygen atoms in total. The normalized spacial score (nSPS) is 44.1. The first-order valence-electron chi connectivity index (χ1n) is 6.36. The van der Waals surface area contributed by atoms with E-state index in [9.17, 15) is 0 Å². The Morgan fingerprint density at radius 1 is 1.21 bits per heavy atom. The highest BCUT2D eigenvalue weighted by Crippen LogP contribution is 2.86. The van der Waals surface area contributed by atoms with Crippen LogP contribution in [0.25, 0.3) is 0 Å². The van der Waals surface area contributed by atoms with Gasteiger partial charge in [0, 0.05) is 0 Å². The highest BCUT2D eigenvalue weighted by molar-refractivity contribution is 5.28. The van der Waals surface area contributed by atoms with Crippen LogP contribution in [0.3, 0.4) is 0 Å². The van der Waals surface area contributed by atoms with Gasteiger partial charge in [-0.2, -0.15) is 0 Å². The molecule has 3 atom stereocenters. The highest BCUT2D eigenvalue weighted by Gasteiger charge is 2.80. The minimum absolute atomic E-state index is 0.618. The minimum Gasteiger partial charge on any atom is -0.0648 e. The Kier molecular flexibility index (Phi) is 1.93. The van der Waals surface area contributed by atoms with Crippen molar-refractivity contribution >= 4 is 0 Å². The molecule has 0 heterocycles. The van der Waals surface area contributed by atoms with E-state index in [1.54, 1.807) is 0 Å². The van der Waals surface area contributed by atoms with E-state index in [4.69, 9.17) is 0 Å². The Hall–Kier alpha value is 0. The SMILES string of the molecule is CCC(C)(CC)C12CC(C)(C)C1C2C. The molecule has 0 heteroatoms. The Bertz CT molecular complexity index is 247. The van der Waals surface area contributed by atoms with Gasteiger partial charge in [0.15, 0.2) is 0 Å². The zero-order valence-corrected chi connectivity index (χ0v) is 10.8. The van der Waals surface area contributed by atoms with E-state index in [0.29, 0.717) is 10.8 Å². The van der Waals surface area contributed by atoms with E-state index >= 15 is 0 Å². The third-order valence-corrected chi connectivity index (χ3v) is 6.03. The molecule has 0 radical (unpaired) electrons. The molecule has 3 unspecified atom stereocenters. The van der Waals surface area contributed by atoms with Crippen molar-refractivity contribution in [2.45, 2.75) is 60.8 Å². The van der Waals surface area contributed by atoms with E-state index in [2.05, 4.69) is 41.5 Å². The van der Waals surface area contributed by atoms with Gasteiger partial charge in [0.25, 0.3) is 0 Å². The topological polar surface area (TPSA) is 0 Å². The highest BCUT2D eigenvalue weighted by atomic mass is 14.8. The molecule has 2 fully saturated rings. The Morgan fingerprint density at radius 3 is 1.93 bits per heavy atom. The molecule has 2 saturated carbocycles. The van der Waals surface area contributed by atoms with E-state index in [-0.39, 0.29) is 0 Å². The predicted octanol–water partition coefficient (Wildman–Crippen LogP) is 4.49. The molecule has 0 aliphatic heterocycles. The van der Waals surface area contributed by atoms with Gasteiger partial charge in [0.05, 0.1) is 0 Å². The van der Waals surface area contributed by atoms with Gasteiger partial charge >= 0.3 is 0 Å². The molecule has 2 rings (SSSR count). The van der Waals surface area contributed by atoms with Crippen molar-refractivity contribution in [2.75, 3.05) is 0 Å². The lowest BCUT2D eigenvalue weighted by molar-refractivity contribution is -0.0258. The molecule has 0 saturated heterocycles. The summed E-state index contributed by atoms with van der Waals surface area (Å²) in [6.07, 6.45) is 4.20. The summed E-state index contributed by atoms with van der Waals surface area (Å²) in [5, 5.41) is 0. The second-order valence-electron chi connectivity index (χ2n) is 6.74. The number of hydrogen-bond donors (Lipinski definition) is 0. The summed E-state index contributed by atoms with van der Waals surface area (Å²) in [5.41, 5.74) is 2.00. The molecule has 0 spiro atoms. The van der Waals surface area contributed by atoms with Crippen LogP contribution in [0, 0.1) is 28.1 Å². The smallest absolute Gasteiger partial charge is 0.0174 e. The summed E-state index contributed by atoms with van der Waals surface area (Å²) in [4.78, 5) is 0. The lowest BCUT2D eigenvalue weighted by Crippen LogP contribution is -2.44. The zero-order chi connectivity index (χ0) is 10.8. The molecule has 82 valence electrons. The van der Waals surface area contributed by atoms with Gasteiger partial charge in [-0.25, -0.2) is 0 Å². The lowest BCUT2D eigenvalue weighted by atomic mass is 9.53. The second kappa shape index (κ2) is 2.57. The summed E-state index contributed by atoms with van der Waals surface area (Å²) in [5.74, 6) is 2.02. The summed E-state index contributed by atoms with van der Waals surface area (Å²) in [6.45, 7) is 14.7. The van der Waals surface area contributed by atoms with Crippen molar-refractivity contribution in [3.63, 3.8) is 0 Å². The van der Waals surface area contributed by atoms with Gasteiger partial charge in [-0.15, -0.1) is 0 Å². The van der Waals surface area contributed by atoms with E-state index < -0.39 is 0 Å². The minimum atomic E-state index is 0.618. The van der Waals surface area contributed by atoms with Crippen LogP contribution in [0.2, 0.25) is 0 Å². The van der Waals surface area contributed by atoms with Crippen molar-refractivity contribution in [3.05, 3.63) is 0 Å². The summed E-state index contributed by atoms with van der Waals surface area (Å²) >= 11 is 0. The van der Waals surface area contributed by atoms with Crippen LogP contribution in [0.5, 0.6) is 0 Å². The fourth-order valence-electron chi connectivity index (χ4n) is 5.05. The van der Waals surface area contributed by atoms with Gasteiger partial charge in [-0.1, -0.05) is 54.4 Å². The Morgan fingerprint density at radius 2 is 1.71 bits per heavy atom. The van der Waals surface area contributed by atoms with Crippen LogP contribution in [-0.2, 0) is 0 Å². The lowest BCUT2D eigenvalue weighted by Gasteiger charge is -2.51. The van der Waals surface area contributed by atoms with Crippen LogP contribution in [0.15, 0.2) is 0 Å². The van der Waals surface area contributed by atoms with Gasteiger partial charge in [0.1, 0.15) is 0 Å². The third-order valence-electron chi connectivity index (χ3n) is 6.03. The fraction of sp³-hybridized carbons (Fsp3) is 1.00. The van der Waals surface area contributed by atoms with E-state index in [1.165, 1.54) is 19.3 Å². The standard InChI is InChI=1S/C14H26/c1-7-13(6,8-2)14-9-12(4,5)11(14)10(14)3/h10-11H,7-9H2,1-6H3. The first-order chi connectivity index (χ1) is 6.36. The predicted molar refractivity (Wildman–Crippen MR) is 62.2 cm³/mol. The molecule has 0 bridgehead atoms. The van der Waals surface area contributed by atoms with Crippen molar-refractivity contribution in [1.29, 1.82) is 0 Å². The molecular formula is C14H26. The summed E-state index contributed by atoms with van der Waals surface area (Å²) in [6, 6.07) is 0. The third kappa shape index (κ3) is 0.864. The number of fused-ring (bicyclic) bond motifs is 1. The van der Waals surface area contributed by atoms with Crippen molar-refractivity contribution in [2.24, 2.45) is 28.1 Å². The quantitative estimate of drug-likeness (QED) is 0.621.